The van der Waals surface area contributed by atoms with Crippen LogP contribution >= 0.6 is 0 Å². The number of carbonyl (C=O) groups is 1. The van der Waals surface area contributed by atoms with Gasteiger partial charge in [-0.05, 0) is 44.0 Å². The maximum absolute atomic E-state index is 13.3. The molecule has 0 unspecified atom stereocenters. The maximum atomic E-state index is 13.3. The molecule has 1 amide bonds. The van der Waals surface area contributed by atoms with E-state index < -0.39 is 5.60 Å². The lowest BCUT2D eigenvalue weighted by molar-refractivity contribution is 0.0194. The van der Waals surface area contributed by atoms with Crippen LogP contribution in [0.4, 0.5) is 9.18 Å². The van der Waals surface area contributed by atoms with Crippen molar-refractivity contribution in [3.63, 3.8) is 0 Å². The van der Waals surface area contributed by atoms with Crippen molar-refractivity contribution in [1.29, 1.82) is 0 Å². The van der Waals surface area contributed by atoms with Crippen LogP contribution in [-0.2, 0) is 11.3 Å². The molecule has 0 bridgehead atoms. The van der Waals surface area contributed by atoms with Crippen molar-refractivity contribution >= 4 is 6.09 Å². The molecule has 122 valence electrons. The normalized spacial score (nSPS) is 19.1. The summed E-state index contributed by atoms with van der Waals surface area (Å²) >= 11 is 0. The lowest BCUT2D eigenvalue weighted by Gasteiger charge is -2.35. The van der Waals surface area contributed by atoms with E-state index in [1.807, 2.05) is 20.8 Å². The van der Waals surface area contributed by atoms with Crippen LogP contribution in [0, 0.1) is 5.82 Å². The fourth-order valence-corrected chi connectivity index (χ4v) is 2.54. The highest BCUT2D eigenvalue weighted by atomic mass is 19.1. The molecule has 0 radical (unpaired) electrons. The van der Waals surface area contributed by atoms with Crippen molar-refractivity contribution in [2.24, 2.45) is 5.73 Å². The number of nitrogens with zero attached hydrogens (tertiary/aromatic N) is 1. The second-order valence-corrected chi connectivity index (χ2v) is 6.48. The molecular formula is C16H24FN3O2. The second kappa shape index (κ2) is 6.62. The smallest absolute Gasteiger partial charge is 0.410 e. The molecule has 3 N–H and O–H groups in total. The molecule has 1 heterocycles. The molecule has 0 spiro atoms. The van der Waals surface area contributed by atoms with Gasteiger partial charge in [-0.2, -0.15) is 0 Å². The number of piperazine rings is 1. The van der Waals surface area contributed by atoms with Crippen molar-refractivity contribution in [3.05, 3.63) is 35.1 Å². The molecule has 1 atom stereocenters. The summed E-state index contributed by atoms with van der Waals surface area (Å²) in [6.45, 7) is 7.52. The number of amides is 1. The quantitative estimate of drug-likeness (QED) is 0.878. The van der Waals surface area contributed by atoms with Gasteiger partial charge in [0.15, 0.2) is 0 Å². The summed E-state index contributed by atoms with van der Waals surface area (Å²) in [7, 11) is 0. The van der Waals surface area contributed by atoms with Crippen LogP contribution < -0.4 is 11.1 Å². The highest BCUT2D eigenvalue weighted by Gasteiger charge is 2.28. The van der Waals surface area contributed by atoms with Crippen LogP contribution in [0.1, 0.15) is 37.9 Å². The fourth-order valence-electron chi connectivity index (χ4n) is 2.54. The standard InChI is InChI=1S/C16H24FN3O2/c1-16(2,3)22-15(21)20-7-6-19-14(10-20)13-5-4-12(17)8-11(13)9-18/h4-5,8,14,19H,6-7,9-10,18H2,1-3H3/t14-/m1/s1. The van der Waals surface area contributed by atoms with Crippen molar-refractivity contribution in [3.8, 4) is 0 Å². The van der Waals surface area contributed by atoms with Gasteiger partial charge in [-0.1, -0.05) is 6.07 Å². The van der Waals surface area contributed by atoms with Gasteiger partial charge in [0, 0.05) is 26.2 Å². The second-order valence-electron chi connectivity index (χ2n) is 6.48. The molecule has 0 aliphatic carbocycles. The van der Waals surface area contributed by atoms with Gasteiger partial charge in [-0.3, -0.25) is 0 Å². The minimum Gasteiger partial charge on any atom is -0.444 e. The number of nitrogens with two attached hydrogens (primary N) is 1. The number of nitrogens with one attached hydrogen (secondary N) is 1. The first-order chi connectivity index (χ1) is 10.3. The monoisotopic (exact) mass is 309 g/mol. The molecule has 0 saturated carbocycles. The van der Waals surface area contributed by atoms with E-state index >= 15 is 0 Å². The number of hydrogen-bond donors (Lipinski definition) is 2. The Labute approximate surface area is 130 Å². The van der Waals surface area contributed by atoms with E-state index in [0.717, 1.165) is 11.1 Å². The molecule has 0 aromatic heterocycles. The van der Waals surface area contributed by atoms with Crippen molar-refractivity contribution in [1.82, 2.24) is 10.2 Å². The average Bonchev–Trinajstić information content (AvgIpc) is 2.45. The van der Waals surface area contributed by atoms with Gasteiger partial charge in [0.05, 0.1) is 6.04 Å². The molecular weight excluding hydrogens is 285 g/mol. The molecule has 2 rings (SSSR count). The Balaban J connectivity index is 2.12. The van der Waals surface area contributed by atoms with Gasteiger partial charge in [0.1, 0.15) is 11.4 Å². The Bertz CT molecular complexity index is 543. The first-order valence-corrected chi connectivity index (χ1v) is 7.50. The van der Waals surface area contributed by atoms with Crippen molar-refractivity contribution in [2.75, 3.05) is 19.6 Å². The SMILES string of the molecule is CC(C)(C)OC(=O)N1CCN[C@@H](c2ccc(F)cc2CN)C1. The van der Waals surface area contributed by atoms with E-state index in [2.05, 4.69) is 5.32 Å². The van der Waals surface area contributed by atoms with Gasteiger partial charge < -0.3 is 20.7 Å². The number of carbonyl (C=O) groups excluding carboxylic acids is 1. The number of ether oxygens (including phenoxy) is 1. The lowest BCUT2D eigenvalue weighted by Crippen LogP contribution is -2.49. The van der Waals surface area contributed by atoms with Crippen LogP contribution in [0.2, 0.25) is 0 Å². The molecule has 6 heteroatoms. The van der Waals surface area contributed by atoms with Crippen LogP contribution in [0.25, 0.3) is 0 Å². The van der Waals surface area contributed by atoms with Crippen LogP contribution in [0.15, 0.2) is 18.2 Å². The lowest BCUT2D eigenvalue weighted by atomic mass is 9.98. The maximum Gasteiger partial charge on any atom is 0.410 e. The minimum atomic E-state index is -0.518. The summed E-state index contributed by atoms with van der Waals surface area (Å²) in [5, 5.41) is 3.35. The van der Waals surface area contributed by atoms with E-state index in [4.69, 9.17) is 10.5 Å². The minimum absolute atomic E-state index is 0.0691. The van der Waals surface area contributed by atoms with E-state index in [1.54, 1.807) is 11.0 Å². The summed E-state index contributed by atoms with van der Waals surface area (Å²) in [6, 6.07) is 4.53. The van der Waals surface area contributed by atoms with E-state index in [0.29, 0.717) is 19.6 Å². The third kappa shape index (κ3) is 4.18. The zero-order valence-electron chi connectivity index (χ0n) is 13.4. The van der Waals surface area contributed by atoms with Crippen molar-refractivity contribution < 1.29 is 13.9 Å². The summed E-state index contributed by atoms with van der Waals surface area (Å²) in [5.74, 6) is -0.302. The summed E-state index contributed by atoms with van der Waals surface area (Å²) in [6.07, 6.45) is -0.324. The van der Waals surface area contributed by atoms with Gasteiger partial charge in [0.2, 0.25) is 0 Å². The van der Waals surface area contributed by atoms with Gasteiger partial charge in [-0.25, -0.2) is 9.18 Å². The summed E-state index contributed by atoms with van der Waals surface area (Å²) in [4.78, 5) is 13.9. The molecule has 1 fully saturated rings. The molecule has 1 saturated heterocycles. The Morgan fingerprint density at radius 3 is 2.86 bits per heavy atom. The fraction of sp³-hybridized carbons (Fsp3) is 0.562. The van der Waals surface area contributed by atoms with Crippen molar-refractivity contribution in [2.45, 2.75) is 39.0 Å². The molecule has 22 heavy (non-hydrogen) atoms. The van der Waals surface area contributed by atoms with E-state index in [9.17, 15) is 9.18 Å². The van der Waals surface area contributed by atoms with Crippen LogP contribution in [0.5, 0.6) is 0 Å². The number of benzene rings is 1. The predicted molar refractivity (Wildman–Crippen MR) is 82.8 cm³/mol. The van der Waals surface area contributed by atoms with Gasteiger partial charge in [-0.15, -0.1) is 0 Å². The van der Waals surface area contributed by atoms with Gasteiger partial charge in [0.25, 0.3) is 0 Å². The molecule has 5 nitrogen and oxygen atoms in total. The topological polar surface area (TPSA) is 67.6 Å². The molecule has 1 aromatic carbocycles. The zero-order valence-corrected chi connectivity index (χ0v) is 13.4. The number of hydrogen-bond acceptors (Lipinski definition) is 4. The predicted octanol–water partition coefficient (Wildman–Crippen LogP) is 2.17. The molecule has 1 aromatic rings. The third-order valence-electron chi connectivity index (χ3n) is 3.53. The Morgan fingerprint density at radius 1 is 1.50 bits per heavy atom. The summed E-state index contributed by atoms with van der Waals surface area (Å²) < 4.78 is 18.7. The Morgan fingerprint density at radius 2 is 2.23 bits per heavy atom. The largest absolute Gasteiger partial charge is 0.444 e. The number of rotatable bonds is 2. The zero-order chi connectivity index (χ0) is 16.3. The summed E-state index contributed by atoms with van der Waals surface area (Å²) in [5.41, 5.74) is 6.87. The number of halogens is 1. The van der Waals surface area contributed by atoms with Crippen LogP contribution in [-0.4, -0.2) is 36.2 Å². The molecule has 1 aliphatic heterocycles. The van der Waals surface area contributed by atoms with E-state index in [1.165, 1.54) is 12.1 Å². The average molecular weight is 309 g/mol. The Hall–Kier alpha value is -1.66. The highest BCUT2D eigenvalue weighted by molar-refractivity contribution is 5.68. The Kier molecular flexibility index (Phi) is 5.03. The molecule has 1 aliphatic rings. The van der Waals surface area contributed by atoms with E-state index in [-0.39, 0.29) is 24.5 Å². The van der Waals surface area contributed by atoms with Gasteiger partial charge >= 0.3 is 6.09 Å². The first kappa shape index (κ1) is 16.7. The third-order valence-corrected chi connectivity index (χ3v) is 3.53. The first-order valence-electron chi connectivity index (χ1n) is 7.50. The highest BCUT2D eigenvalue weighted by Crippen LogP contribution is 2.23. The van der Waals surface area contributed by atoms with Crippen LogP contribution in [0.3, 0.4) is 0 Å².